The van der Waals surface area contributed by atoms with Crippen LogP contribution in [0.4, 0.5) is 5.13 Å². The molecule has 2 rings (SSSR count). The zero-order valence-corrected chi connectivity index (χ0v) is 12.2. The van der Waals surface area contributed by atoms with E-state index in [0.29, 0.717) is 15.6 Å². The van der Waals surface area contributed by atoms with E-state index in [4.69, 9.17) is 16.7 Å². The first-order valence-corrected chi connectivity index (χ1v) is 7.82. The van der Waals surface area contributed by atoms with Crippen molar-refractivity contribution in [2.45, 2.75) is 18.4 Å². The molecule has 19 heavy (non-hydrogen) atoms. The third-order valence-electron chi connectivity index (χ3n) is 2.25. The van der Waals surface area contributed by atoms with Gasteiger partial charge in [0.2, 0.25) is 5.13 Å². The van der Waals surface area contributed by atoms with E-state index in [1.54, 1.807) is 6.92 Å². The lowest BCUT2D eigenvalue weighted by molar-refractivity contribution is 0.281. The van der Waals surface area contributed by atoms with Gasteiger partial charge in [-0.3, -0.25) is 4.72 Å². The molecule has 0 saturated heterocycles. The van der Waals surface area contributed by atoms with Crippen LogP contribution in [0, 0.1) is 6.92 Å². The third kappa shape index (κ3) is 3.21. The molecule has 1 heterocycles. The Morgan fingerprint density at radius 3 is 2.74 bits per heavy atom. The predicted octanol–water partition coefficient (Wildman–Crippen LogP) is 1.79. The van der Waals surface area contributed by atoms with Crippen LogP contribution in [0.5, 0.6) is 0 Å². The molecule has 2 aromatic rings. The number of hydrogen-bond donors (Lipinski definition) is 2. The van der Waals surface area contributed by atoms with Crippen molar-refractivity contribution in [1.82, 2.24) is 10.2 Å². The summed E-state index contributed by atoms with van der Waals surface area (Å²) in [5.74, 6) is 0. The fourth-order valence-corrected chi connectivity index (χ4v) is 3.40. The minimum atomic E-state index is -3.76. The highest BCUT2D eigenvalue weighted by atomic mass is 35.5. The van der Waals surface area contributed by atoms with E-state index in [2.05, 4.69) is 14.9 Å². The maximum absolute atomic E-state index is 12.1. The monoisotopic (exact) mass is 319 g/mol. The summed E-state index contributed by atoms with van der Waals surface area (Å²) in [5, 5.41) is 17.7. The van der Waals surface area contributed by atoms with Gasteiger partial charge >= 0.3 is 0 Å². The Morgan fingerprint density at radius 1 is 1.42 bits per heavy atom. The Hall–Kier alpha value is -1.22. The number of benzene rings is 1. The predicted molar refractivity (Wildman–Crippen MR) is 72.8 cm³/mol. The van der Waals surface area contributed by atoms with Crippen LogP contribution in [0.3, 0.4) is 0 Å². The van der Waals surface area contributed by atoms with E-state index in [-0.39, 0.29) is 16.6 Å². The summed E-state index contributed by atoms with van der Waals surface area (Å²) in [4.78, 5) is 0.00815. The van der Waals surface area contributed by atoms with Crippen molar-refractivity contribution in [1.29, 1.82) is 0 Å². The van der Waals surface area contributed by atoms with E-state index in [1.807, 2.05) is 0 Å². The van der Waals surface area contributed by atoms with Crippen molar-refractivity contribution in [3.63, 3.8) is 0 Å². The highest BCUT2D eigenvalue weighted by Crippen LogP contribution is 2.23. The summed E-state index contributed by atoms with van der Waals surface area (Å²) in [6, 6.07) is 4.10. The molecule has 0 aliphatic heterocycles. The van der Waals surface area contributed by atoms with Crippen LogP contribution < -0.4 is 4.72 Å². The van der Waals surface area contributed by atoms with Crippen LogP contribution in [0.15, 0.2) is 23.1 Å². The average Bonchev–Trinajstić information content (AvgIpc) is 2.74. The number of nitrogens with one attached hydrogen (secondary N) is 1. The molecule has 0 unspecified atom stereocenters. The van der Waals surface area contributed by atoms with Gasteiger partial charge in [-0.2, -0.15) is 0 Å². The number of aryl methyl sites for hydroxylation is 1. The van der Waals surface area contributed by atoms with E-state index in [0.717, 1.165) is 11.3 Å². The van der Waals surface area contributed by atoms with E-state index >= 15 is 0 Å². The second-order valence-corrected chi connectivity index (χ2v) is 6.91. The lowest BCUT2D eigenvalue weighted by Crippen LogP contribution is -2.13. The first-order chi connectivity index (χ1) is 8.92. The van der Waals surface area contributed by atoms with Crippen molar-refractivity contribution < 1.29 is 13.5 Å². The van der Waals surface area contributed by atoms with Gasteiger partial charge in [-0.1, -0.05) is 22.9 Å². The molecule has 0 atom stereocenters. The molecule has 0 aliphatic rings. The van der Waals surface area contributed by atoms with Gasteiger partial charge in [-0.25, -0.2) is 8.42 Å². The molecule has 0 fully saturated rings. The zero-order chi connectivity index (χ0) is 14.0. The Bertz CT molecular complexity index is 700. The molecule has 1 aromatic carbocycles. The van der Waals surface area contributed by atoms with Crippen LogP contribution in [0.25, 0.3) is 0 Å². The lowest BCUT2D eigenvalue weighted by atomic mass is 10.2. The molecule has 2 N–H and O–H groups in total. The minimum Gasteiger partial charge on any atom is -0.392 e. The number of sulfonamides is 1. The number of aliphatic hydroxyl groups excluding tert-OH is 1. The van der Waals surface area contributed by atoms with Gasteiger partial charge in [0.15, 0.2) is 0 Å². The van der Waals surface area contributed by atoms with Crippen LogP contribution >= 0.6 is 22.9 Å². The molecule has 0 bridgehead atoms. The molecule has 0 amide bonds. The number of halogens is 1. The van der Waals surface area contributed by atoms with Gasteiger partial charge in [-0.15, -0.1) is 10.2 Å². The van der Waals surface area contributed by atoms with Gasteiger partial charge in [-0.05, 0) is 30.7 Å². The van der Waals surface area contributed by atoms with Gasteiger partial charge in [0, 0.05) is 5.02 Å². The molecule has 0 saturated carbocycles. The first-order valence-electron chi connectivity index (χ1n) is 5.14. The Morgan fingerprint density at radius 2 is 2.16 bits per heavy atom. The van der Waals surface area contributed by atoms with E-state index in [1.165, 1.54) is 18.2 Å². The average molecular weight is 320 g/mol. The maximum atomic E-state index is 12.1. The van der Waals surface area contributed by atoms with E-state index < -0.39 is 10.0 Å². The van der Waals surface area contributed by atoms with Crippen molar-refractivity contribution >= 4 is 38.1 Å². The lowest BCUT2D eigenvalue weighted by Gasteiger charge is -2.07. The van der Waals surface area contributed by atoms with Crippen LogP contribution in [0.1, 0.15) is 10.6 Å². The maximum Gasteiger partial charge on any atom is 0.263 e. The fraction of sp³-hybridized carbons (Fsp3) is 0.200. The summed E-state index contributed by atoms with van der Waals surface area (Å²) in [6.45, 7) is 1.39. The second-order valence-electron chi connectivity index (χ2n) is 3.64. The Kier molecular flexibility index (Phi) is 4.04. The number of nitrogens with zero attached hydrogens (tertiary/aromatic N) is 2. The van der Waals surface area contributed by atoms with Crippen LogP contribution in [0.2, 0.25) is 5.02 Å². The third-order valence-corrected chi connectivity index (χ3v) is 4.83. The summed E-state index contributed by atoms with van der Waals surface area (Å²) in [6.07, 6.45) is 0. The summed E-state index contributed by atoms with van der Waals surface area (Å²) in [7, 11) is -3.76. The summed E-state index contributed by atoms with van der Waals surface area (Å²) >= 11 is 6.95. The minimum absolute atomic E-state index is 0.00815. The summed E-state index contributed by atoms with van der Waals surface area (Å²) < 4.78 is 26.5. The Labute approximate surface area is 119 Å². The molecule has 1 aromatic heterocycles. The number of anilines is 1. The quantitative estimate of drug-likeness (QED) is 0.896. The highest BCUT2D eigenvalue weighted by molar-refractivity contribution is 7.93. The van der Waals surface area contributed by atoms with Crippen molar-refractivity contribution in [2.24, 2.45) is 0 Å². The number of aromatic nitrogens is 2. The van der Waals surface area contributed by atoms with Crippen molar-refractivity contribution in [2.75, 3.05) is 4.72 Å². The molecular formula is C10H10ClN3O3S2. The van der Waals surface area contributed by atoms with Crippen molar-refractivity contribution in [3.8, 4) is 0 Å². The molecule has 6 nitrogen and oxygen atoms in total. The molecule has 9 heteroatoms. The van der Waals surface area contributed by atoms with Crippen molar-refractivity contribution in [3.05, 3.63) is 33.8 Å². The first kappa shape index (κ1) is 14.2. The standard InChI is InChI=1S/C10H10ClN3O3S2/c1-6-12-13-10(18-6)14-19(16,17)8-2-3-9(11)7(4-8)5-15/h2-4,15H,5H2,1H3,(H,13,14). The molecular weight excluding hydrogens is 310 g/mol. The topological polar surface area (TPSA) is 92.2 Å². The SMILES string of the molecule is Cc1nnc(NS(=O)(=O)c2ccc(Cl)c(CO)c2)s1. The van der Waals surface area contributed by atoms with Crippen LogP contribution in [-0.4, -0.2) is 23.7 Å². The van der Waals surface area contributed by atoms with Gasteiger partial charge in [0.05, 0.1) is 11.5 Å². The highest BCUT2D eigenvalue weighted by Gasteiger charge is 2.17. The fourth-order valence-electron chi connectivity index (χ4n) is 1.35. The van der Waals surface area contributed by atoms with Gasteiger partial charge in [0.25, 0.3) is 10.0 Å². The van der Waals surface area contributed by atoms with Crippen LogP contribution in [-0.2, 0) is 16.6 Å². The van der Waals surface area contributed by atoms with Gasteiger partial charge in [0.1, 0.15) is 5.01 Å². The smallest absolute Gasteiger partial charge is 0.263 e. The zero-order valence-electron chi connectivity index (χ0n) is 9.79. The molecule has 0 radical (unpaired) electrons. The molecule has 0 aliphatic carbocycles. The number of hydrogen-bond acceptors (Lipinski definition) is 6. The van der Waals surface area contributed by atoms with Gasteiger partial charge < -0.3 is 5.11 Å². The molecule has 0 spiro atoms. The number of aliphatic hydroxyl groups is 1. The second kappa shape index (κ2) is 5.41. The molecule has 102 valence electrons. The summed E-state index contributed by atoms with van der Waals surface area (Å²) in [5.41, 5.74) is 0.345. The number of rotatable bonds is 4. The normalized spacial score (nSPS) is 11.5. The van der Waals surface area contributed by atoms with E-state index in [9.17, 15) is 8.42 Å². The Balaban J connectivity index is 2.34. The largest absolute Gasteiger partial charge is 0.392 e.